The summed E-state index contributed by atoms with van der Waals surface area (Å²) in [4.78, 5) is 11.3. The van der Waals surface area contributed by atoms with E-state index >= 15 is 0 Å². The Morgan fingerprint density at radius 1 is 1.32 bits per heavy atom. The Morgan fingerprint density at radius 2 is 1.89 bits per heavy atom. The number of aliphatic carboxylic acids is 1. The summed E-state index contributed by atoms with van der Waals surface area (Å²) in [7, 11) is 0. The molecule has 0 unspecified atom stereocenters. The quantitative estimate of drug-likeness (QED) is 0.845. The topological polar surface area (TPSA) is 46.5 Å². The van der Waals surface area contributed by atoms with E-state index in [1.165, 1.54) is 0 Å². The zero-order chi connectivity index (χ0) is 14.3. The van der Waals surface area contributed by atoms with Gasteiger partial charge < -0.3 is 9.84 Å². The molecule has 1 aliphatic rings. The van der Waals surface area contributed by atoms with Crippen molar-refractivity contribution in [3.8, 4) is 0 Å². The minimum Gasteiger partial charge on any atom is -0.481 e. The zero-order valence-electron chi connectivity index (χ0n) is 11.4. The van der Waals surface area contributed by atoms with Crippen LogP contribution >= 0.6 is 15.9 Å². The zero-order valence-corrected chi connectivity index (χ0v) is 13.0. The van der Waals surface area contributed by atoms with E-state index in [9.17, 15) is 9.90 Å². The Labute approximate surface area is 122 Å². The van der Waals surface area contributed by atoms with Crippen LogP contribution in [0.1, 0.15) is 32.8 Å². The third-order valence-electron chi connectivity index (χ3n) is 4.00. The van der Waals surface area contributed by atoms with E-state index in [0.29, 0.717) is 6.42 Å². The number of halogens is 1. The van der Waals surface area contributed by atoms with Crippen LogP contribution in [0.5, 0.6) is 0 Å². The number of carboxylic acids is 1. The fourth-order valence-electron chi connectivity index (χ4n) is 2.80. The SMILES string of the molecule is CC1(C)O[C@](C)(c2ccccc2)[C@@H](Br)C[C@H]1C(=O)O. The van der Waals surface area contributed by atoms with Crippen molar-refractivity contribution in [2.75, 3.05) is 0 Å². The van der Waals surface area contributed by atoms with E-state index in [4.69, 9.17) is 4.74 Å². The Kier molecular flexibility index (Phi) is 3.76. The monoisotopic (exact) mass is 326 g/mol. The van der Waals surface area contributed by atoms with Crippen molar-refractivity contribution >= 4 is 21.9 Å². The predicted molar refractivity (Wildman–Crippen MR) is 77.4 cm³/mol. The highest BCUT2D eigenvalue weighted by atomic mass is 79.9. The number of hydrogen-bond donors (Lipinski definition) is 1. The number of hydrogen-bond acceptors (Lipinski definition) is 2. The van der Waals surface area contributed by atoms with Gasteiger partial charge in [-0.1, -0.05) is 46.3 Å². The van der Waals surface area contributed by atoms with E-state index in [1.807, 2.05) is 51.1 Å². The van der Waals surface area contributed by atoms with Gasteiger partial charge in [0.1, 0.15) is 5.60 Å². The molecular formula is C15H19BrO3. The summed E-state index contributed by atoms with van der Waals surface area (Å²) >= 11 is 3.62. The maximum absolute atomic E-state index is 11.4. The molecule has 1 aromatic rings. The van der Waals surface area contributed by atoms with Crippen LogP contribution in [0, 0.1) is 5.92 Å². The third-order valence-corrected chi connectivity index (χ3v) is 5.25. The molecule has 1 heterocycles. The highest BCUT2D eigenvalue weighted by Crippen LogP contribution is 2.47. The van der Waals surface area contributed by atoms with E-state index in [-0.39, 0.29) is 4.83 Å². The van der Waals surface area contributed by atoms with E-state index in [1.54, 1.807) is 0 Å². The summed E-state index contributed by atoms with van der Waals surface area (Å²) in [6.45, 7) is 5.72. The van der Waals surface area contributed by atoms with Crippen LogP contribution in [0.4, 0.5) is 0 Å². The molecule has 0 spiro atoms. The molecule has 0 radical (unpaired) electrons. The van der Waals surface area contributed by atoms with Crippen LogP contribution in [0.3, 0.4) is 0 Å². The second-order valence-electron chi connectivity index (χ2n) is 5.77. The van der Waals surface area contributed by atoms with Gasteiger partial charge in [0.05, 0.1) is 11.5 Å². The van der Waals surface area contributed by atoms with Gasteiger partial charge in [-0.3, -0.25) is 4.79 Å². The molecule has 0 amide bonds. The molecule has 0 bridgehead atoms. The summed E-state index contributed by atoms with van der Waals surface area (Å²) in [5, 5.41) is 9.33. The average molecular weight is 327 g/mol. The van der Waals surface area contributed by atoms with E-state index in [0.717, 1.165) is 5.56 Å². The molecule has 19 heavy (non-hydrogen) atoms. The number of rotatable bonds is 2. The lowest BCUT2D eigenvalue weighted by Crippen LogP contribution is -2.55. The highest BCUT2D eigenvalue weighted by molar-refractivity contribution is 9.09. The number of alkyl halides is 1. The van der Waals surface area contributed by atoms with Crippen LogP contribution in [-0.4, -0.2) is 21.5 Å². The van der Waals surface area contributed by atoms with Gasteiger partial charge in [-0.2, -0.15) is 0 Å². The maximum Gasteiger partial charge on any atom is 0.309 e. The van der Waals surface area contributed by atoms with Gasteiger partial charge in [-0.25, -0.2) is 0 Å². The first kappa shape index (κ1) is 14.5. The molecule has 0 saturated carbocycles. The summed E-state index contributed by atoms with van der Waals surface area (Å²) < 4.78 is 6.21. The van der Waals surface area contributed by atoms with Gasteiger partial charge in [-0.15, -0.1) is 0 Å². The first-order valence-electron chi connectivity index (χ1n) is 6.40. The van der Waals surface area contributed by atoms with Gasteiger partial charge in [0, 0.05) is 4.83 Å². The van der Waals surface area contributed by atoms with Crippen molar-refractivity contribution in [3.05, 3.63) is 35.9 Å². The number of ether oxygens (including phenoxy) is 1. The Balaban J connectivity index is 2.37. The number of carbonyl (C=O) groups is 1. The minimum atomic E-state index is -0.801. The van der Waals surface area contributed by atoms with Crippen LogP contribution in [0.15, 0.2) is 30.3 Å². The number of carboxylic acid groups (broad SMARTS) is 1. The lowest BCUT2D eigenvalue weighted by Gasteiger charge is -2.49. The van der Waals surface area contributed by atoms with Gasteiger partial charge in [0.25, 0.3) is 0 Å². The molecule has 1 fully saturated rings. The first-order valence-corrected chi connectivity index (χ1v) is 7.31. The Hall–Kier alpha value is -0.870. The predicted octanol–water partition coefficient (Wildman–Crippen LogP) is 3.57. The second kappa shape index (κ2) is 4.91. The Bertz CT molecular complexity index is 472. The van der Waals surface area contributed by atoms with Gasteiger partial charge in [0.15, 0.2) is 0 Å². The molecule has 0 aliphatic carbocycles. The summed E-state index contributed by atoms with van der Waals surface area (Å²) in [5.41, 5.74) is -0.147. The van der Waals surface area contributed by atoms with Crippen molar-refractivity contribution in [1.82, 2.24) is 0 Å². The smallest absolute Gasteiger partial charge is 0.309 e. The normalized spacial score (nSPS) is 33.9. The van der Waals surface area contributed by atoms with Crippen molar-refractivity contribution in [2.45, 2.75) is 43.2 Å². The Morgan fingerprint density at radius 3 is 2.42 bits per heavy atom. The van der Waals surface area contributed by atoms with Gasteiger partial charge in [0.2, 0.25) is 0 Å². The molecule has 1 aliphatic heterocycles. The molecular weight excluding hydrogens is 308 g/mol. The van der Waals surface area contributed by atoms with Crippen LogP contribution in [0.2, 0.25) is 0 Å². The van der Waals surface area contributed by atoms with Crippen LogP contribution in [-0.2, 0) is 15.1 Å². The lowest BCUT2D eigenvalue weighted by molar-refractivity contribution is -0.203. The van der Waals surface area contributed by atoms with Gasteiger partial charge in [-0.05, 0) is 32.8 Å². The highest BCUT2D eigenvalue weighted by Gasteiger charge is 2.52. The molecule has 3 nitrogen and oxygen atoms in total. The van der Waals surface area contributed by atoms with Gasteiger partial charge >= 0.3 is 5.97 Å². The first-order chi connectivity index (χ1) is 8.77. The average Bonchev–Trinajstić information content (AvgIpc) is 2.34. The molecule has 3 atom stereocenters. The summed E-state index contributed by atoms with van der Waals surface area (Å²) in [6.07, 6.45) is 0.549. The molecule has 0 aromatic heterocycles. The van der Waals surface area contributed by atoms with Crippen molar-refractivity contribution in [2.24, 2.45) is 5.92 Å². The van der Waals surface area contributed by atoms with Crippen molar-refractivity contribution < 1.29 is 14.6 Å². The van der Waals surface area contributed by atoms with Crippen LogP contribution < -0.4 is 0 Å². The fraction of sp³-hybridized carbons (Fsp3) is 0.533. The minimum absolute atomic E-state index is 0.0310. The lowest BCUT2D eigenvalue weighted by atomic mass is 9.76. The van der Waals surface area contributed by atoms with E-state index in [2.05, 4.69) is 15.9 Å². The summed E-state index contributed by atoms with van der Waals surface area (Å²) in [6, 6.07) is 9.95. The van der Waals surface area contributed by atoms with E-state index < -0.39 is 23.1 Å². The maximum atomic E-state index is 11.4. The molecule has 4 heteroatoms. The summed E-state index contributed by atoms with van der Waals surface area (Å²) in [5.74, 6) is -1.31. The molecule has 1 aromatic carbocycles. The van der Waals surface area contributed by atoms with Crippen molar-refractivity contribution in [3.63, 3.8) is 0 Å². The largest absolute Gasteiger partial charge is 0.481 e. The molecule has 2 rings (SSSR count). The molecule has 104 valence electrons. The second-order valence-corrected chi connectivity index (χ2v) is 6.88. The molecule has 1 saturated heterocycles. The van der Waals surface area contributed by atoms with Crippen molar-refractivity contribution in [1.29, 1.82) is 0 Å². The fourth-order valence-corrected chi connectivity index (χ4v) is 3.54. The van der Waals surface area contributed by atoms with Crippen LogP contribution in [0.25, 0.3) is 0 Å². The standard InChI is InChI=1S/C15H19BrO3/c1-14(2)11(13(17)18)9-12(16)15(3,19-14)10-7-5-4-6-8-10/h4-8,11-12H,9H2,1-3H3,(H,17,18)/t11-,12-,15+/m0/s1. The molecule has 1 N–H and O–H groups in total. The number of benzene rings is 1. The third kappa shape index (κ3) is 2.56.